The first-order chi connectivity index (χ1) is 9.22. The van der Waals surface area contributed by atoms with Crippen molar-refractivity contribution in [2.45, 2.75) is 18.9 Å². The fourth-order valence-corrected chi connectivity index (χ4v) is 2.60. The van der Waals surface area contributed by atoms with Crippen molar-refractivity contribution in [2.24, 2.45) is 0 Å². The van der Waals surface area contributed by atoms with Crippen LogP contribution in [0.1, 0.15) is 24.4 Å². The molecule has 1 aromatic carbocycles. The fourth-order valence-electron chi connectivity index (χ4n) is 2.60. The highest BCUT2D eigenvalue weighted by Gasteiger charge is 2.24. The minimum Gasteiger partial charge on any atom is -0.508 e. The summed E-state index contributed by atoms with van der Waals surface area (Å²) >= 11 is 0. The predicted octanol–water partition coefficient (Wildman–Crippen LogP) is 3.29. The average molecular weight is 337 g/mol. The van der Waals surface area contributed by atoms with Crippen LogP contribution in [0.2, 0.25) is 0 Å². The quantitative estimate of drug-likeness (QED) is 0.810. The molecule has 1 heterocycles. The van der Waals surface area contributed by atoms with Crippen LogP contribution >= 0.6 is 24.8 Å². The Kier molecular flexibility index (Phi) is 9.62. The predicted molar refractivity (Wildman–Crippen MR) is 89.2 cm³/mol. The smallest absolute Gasteiger partial charge is 0.123 e. The SMILES string of the molecule is C=CCC[C@@H](c1cc(F)ccc1O)N1CCNCC1.Cl.Cl. The summed E-state index contributed by atoms with van der Waals surface area (Å²) in [7, 11) is 0. The van der Waals surface area contributed by atoms with E-state index in [1.165, 1.54) is 18.2 Å². The van der Waals surface area contributed by atoms with E-state index in [0.29, 0.717) is 5.56 Å². The lowest BCUT2D eigenvalue weighted by Crippen LogP contribution is -2.45. The number of allylic oxidation sites excluding steroid dienone is 1. The summed E-state index contributed by atoms with van der Waals surface area (Å²) in [6.45, 7) is 7.44. The van der Waals surface area contributed by atoms with Crippen molar-refractivity contribution in [1.82, 2.24) is 10.2 Å². The van der Waals surface area contributed by atoms with Crippen LogP contribution in [-0.2, 0) is 0 Å². The van der Waals surface area contributed by atoms with Gasteiger partial charge in [-0.15, -0.1) is 31.4 Å². The van der Waals surface area contributed by atoms with Gasteiger partial charge in [0.1, 0.15) is 11.6 Å². The molecule has 21 heavy (non-hydrogen) atoms. The van der Waals surface area contributed by atoms with E-state index < -0.39 is 0 Å². The lowest BCUT2D eigenvalue weighted by molar-refractivity contribution is 0.163. The molecule has 0 amide bonds. The molecule has 0 spiro atoms. The van der Waals surface area contributed by atoms with Crippen molar-refractivity contribution >= 4 is 24.8 Å². The summed E-state index contributed by atoms with van der Waals surface area (Å²) in [6.07, 6.45) is 3.57. The molecule has 2 N–H and O–H groups in total. The Hall–Kier alpha value is -0.810. The van der Waals surface area contributed by atoms with Gasteiger partial charge in [-0.1, -0.05) is 6.08 Å². The molecule has 0 aromatic heterocycles. The number of phenols is 1. The Morgan fingerprint density at radius 2 is 2.00 bits per heavy atom. The van der Waals surface area contributed by atoms with Gasteiger partial charge in [0, 0.05) is 37.8 Å². The minimum absolute atomic E-state index is 0. The maximum Gasteiger partial charge on any atom is 0.123 e. The zero-order chi connectivity index (χ0) is 13.7. The molecule has 6 heteroatoms. The third-order valence-electron chi connectivity index (χ3n) is 3.59. The molecule has 0 aliphatic carbocycles. The van der Waals surface area contributed by atoms with Gasteiger partial charge in [-0.2, -0.15) is 0 Å². The molecule has 1 aliphatic rings. The lowest BCUT2D eigenvalue weighted by atomic mass is 9.98. The molecular weight excluding hydrogens is 314 g/mol. The summed E-state index contributed by atoms with van der Waals surface area (Å²) in [5, 5.41) is 13.3. The van der Waals surface area contributed by atoms with Gasteiger partial charge in [0.25, 0.3) is 0 Å². The Bertz CT molecular complexity index is 440. The first-order valence-electron chi connectivity index (χ1n) is 6.76. The van der Waals surface area contributed by atoms with Crippen LogP contribution < -0.4 is 5.32 Å². The molecule has 1 aliphatic heterocycles. The number of hydrogen-bond acceptors (Lipinski definition) is 3. The maximum absolute atomic E-state index is 13.4. The third kappa shape index (κ3) is 5.47. The minimum atomic E-state index is -0.300. The molecule has 1 atom stereocenters. The van der Waals surface area contributed by atoms with Crippen LogP contribution in [-0.4, -0.2) is 36.2 Å². The van der Waals surface area contributed by atoms with Gasteiger partial charge in [0.05, 0.1) is 0 Å². The van der Waals surface area contributed by atoms with Gasteiger partial charge in [-0.3, -0.25) is 4.90 Å². The van der Waals surface area contributed by atoms with Crippen molar-refractivity contribution < 1.29 is 9.50 Å². The van der Waals surface area contributed by atoms with Gasteiger partial charge in [0.2, 0.25) is 0 Å². The molecule has 1 saturated heterocycles. The normalized spacial score (nSPS) is 16.4. The van der Waals surface area contributed by atoms with Gasteiger partial charge in [-0.05, 0) is 31.0 Å². The zero-order valence-electron chi connectivity index (χ0n) is 11.9. The van der Waals surface area contributed by atoms with Gasteiger partial charge < -0.3 is 10.4 Å². The summed E-state index contributed by atoms with van der Waals surface area (Å²) in [5.41, 5.74) is 0.684. The van der Waals surface area contributed by atoms with Gasteiger partial charge in [0.15, 0.2) is 0 Å². The monoisotopic (exact) mass is 336 g/mol. The molecule has 120 valence electrons. The van der Waals surface area contributed by atoms with Crippen molar-refractivity contribution in [2.75, 3.05) is 26.2 Å². The molecule has 3 nitrogen and oxygen atoms in total. The van der Waals surface area contributed by atoms with Crippen LogP contribution in [0.25, 0.3) is 0 Å². The molecule has 2 rings (SSSR count). The van der Waals surface area contributed by atoms with Crippen LogP contribution in [0.3, 0.4) is 0 Å². The van der Waals surface area contributed by atoms with Crippen molar-refractivity contribution in [1.29, 1.82) is 0 Å². The Morgan fingerprint density at radius 1 is 1.33 bits per heavy atom. The van der Waals surface area contributed by atoms with Crippen molar-refractivity contribution in [3.05, 3.63) is 42.2 Å². The number of piperazine rings is 1. The number of rotatable bonds is 5. The summed E-state index contributed by atoms with van der Waals surface area (Å²) < 4.78 is 13.4. The van der Waals surface area contributed by atoms with Crippen LogP contribution in [0, 0.1) is 5.82 Å². The molecule has 0 bridgehead atoms. The number of hydrogen-bond donors (Lipinski definition) is 2. The van der Waals surface area contributed by atoms with Crippen LogP contribution in [0.5, 0.6) is 5.75 Å². The second-order valence-corrected chi connectivity index (χ2v) is 4.87. The largest absolute Gasteiger partial charge is 0.508 e. The highest BCUT2D eigenvalue weighted by molar-refractivity contribution is 5.85. The van der Waals surface area contributed by atoms with E-state index in [2.05, 4.69) is 16.8 Å². The van der Waals surface area contributed by atoms with E-state index in [9.17, 15) is 9.50 Å². The average Bonchev–Trinajstić information content (AvgIpc) is 2.44. The summed E-state index contributed by atoms with van der Waals surface area (Å²) in [4.78, 5) is 2.30. The summed E-state index contributed by atoms with van der Waals surface area (Å²) in [5.74, 6) is -0.125. The second kappa shape index (κ2) is 10.0. The van der Waals surface area contributed by atoms with Gasteiger partial charge in [-0.25, -0.2) is 4.39 Å². The Balaban J connectivity index is 0.00000200. The molecule has 1 aromatic rings. The Morgan fingerprint density at radius 3 is 2.62 bits per heavy atom. The maximum atomic E-state index is 13.4. The van der Waals surface area contributed by atoms with Crippen LogP contribution in [0.4, 0.5) is 4.39 Å². The Labute approximate surface area is 138 Å². The zero-order valence-corrected chi connectivity index (χ0v) is 13.6. The molecular formula is C15H23Cl2FN2O. The number of aromatic hydroxyl groups is 1. The van der Waals surface area contributed by atoms with E-state index in [1.54, 1.807) is 0 Å². The van der Waals surface area contributed by atoms with Crippen LogP contribution in [0.15, 0.2) is 30.9 Å². The van der Waals surface area contributed by atoms with E-state index in [1.807, 2.05) is 6.08 Å². The fraction of sp³-hybridized carbons (Fsp3) is 0.467. The molecule has 0 radical (unpaired) electrons. The summed E-state index contributed by atoms with van der Waals surface area (Å²) in [6, 6.07) is 4.23. The van der Waals surface area contributed by atoms with E-state index in [4.69, 9.17) is 0 Å². The van der Waals surface area contributed by atoms with Gasteiger partial charge >= 0.3 is 0 Å². The first-order valence-corrected chi connectivity index (χ1v) is 6.76. The lowest BCUT2D eigenvalue weighted by Gasteiger charge is -2.35. The van der Waals surface area contributed by atoms with Crippen molar-refractivity contribution in [3.8, 4) is 5.75 Å². The highest BCUT2D eigenvalue weighted by Crippen LogP contribution is 2.33. The van der Waals surface area contributed by atoms with Crippen molar-refractivity contribution in [3.63, 3.8) is 0 Å². The highest BCUT2D eigenvalue weighted by atomic mass is 35.5. The van der Waals surface area contributed by atoms with E-state index in [-0.39, 0.29) is 42.4 Å². The van der Waals surface area contributed by atoms with E-state index in [0.717, 1.165) is 39.0 Å². The molecule has 0 saturated carbocycles. The van der Waals surface area contributed by atoms with E-state index >= 15 is 0 Å². The molecule has 0 unspecified atom stereocenters. The number of benzene rings is 1. The first kappa shape index (κ1) is 20.2. The second-order valence-electron chi connectivity index (χ2n) is 4.87. The number of halogens is 3. The number of nitrogens with zero attached hydrogens (tertiary/aromatic N) is 1. The standard InChI is InChI=1S/C15H21FN2O.2ClH/c1-2-3-4-14(18-9-7-17-8-10-18)13-11-12(16)5-6-15(13)19;;/h2,5-6,11,14,17,19H,1,3-4,7-10H2;2*1H/t14-;;/m0../s1. The number of nitrogens with one attached hydrogen (secondary N) is 1. The number of phenolic OH excluding ortho intramolecular Hbond substituents is 1. The topological polar surface area (TPSA) is 35.5 Å². The third-order valence-corrected chi connectivity index (χ3v) is 3.59. The molecule has 1 fully saturated rings.